The smallest absolute Gasteiger partial charge is 0.0718 e. The van der Waals surface area contributed by atoms with E-state index in [2.05, 4.69) is 84.2 Å². The van der Waals surface area contributed by atoms with Gasteiger partial charge in [-0.2, -0.15) is 0 Å². The van der Waals surface area contributed by atoms with Crippen molar-refractivity contribution in [3.63, 3.8) is 0 Å². The normalized spacial score (nSPS) is 32.4. The van der Waals surface area contributed by atoms with Gasteiger partial charge < -0.3 is 0 Å². The molecule has 0 spiro atoms. The van der Waals surface area contributed by atoms with Crippen LogP contribution in [-0.2, 0) is 0 Å². The molecule has 9 rings (SSSR count). The lowest BCUT2D eigenvalue weighted by atomic mass is 9.69. The molecule has 236 valence electrons. The van der Waals surface area contributed by atoms with Crippen LogP contribution in [0.4, 0.5) is 0 Å². The van der Waals surface area contributed by atoms with Crippen molar-refractivity contribution in [2.45, 2.75) is 19.3 Å². The van der Waals surface area contributed by atoms with Crippen molar-refractivity contribution in [2.24, 2.45) is 23.7 Å². The van der Waals surface area contributed by atoms with Gasteiger partial charge in [0.1, 0.15) is 0 Å². The summed E-state index contributed by atoms with van der Waals surface area (Å²) in [6, 6.07) is 0. The van der Waals surface area contributed by atoms with Crippen LogP contribution < -0.4 is 0 Å². The van der Waals surface area contributed by atoms with Crippen molar-refractivity contribution >= 4 is 188 Å². The molecule has 4 unspecified atom stereocenters. The highest BCUT2D eigenvalue weighted by Gasteiger charge is 2.52. The van der Waals surface area contributed by atoms with E-state index in [-0.39, 0.29) is 0 Å². The summed E-state index contributed by atoms with van der Waals surface area (Å²) in [4.78, 5) is 0. The molecule has 4 atom stereocenters. The molecule has 0 aromatic rings. The summed E-state index contributed by atoms with van der Waals surface area (Å²) in [5, 5.41) is 0. The third kappa shape index (κ3) is 6.17. The number of fused-ring (bicyclic) bond motifs is 5. The molecular formula is C29H24S16. The number of rotatable bonds is 4. The second-order valence-corrected chi connectivity index (χ2v) is 29.7. The van der Waals surface area contributed by atoms with E-state index in [4.69, 9.17) is 0 Å². The topological polar surface area (TPSA) is 0 Å². The van der Waals surface area contributed by atoms with Crippen molar-refractivity contribution in [3.05, 3.63) is 82.6 Å². The monoisotopic (exact) mass is 884 g/mol. The molecule has 0 N–H and O–H groups in total. The second-order valence-electron chi connectivity index (χ2n) is 10.6. The zero-order chi connectivity index (χ0) is 30.4. The average molecular weight is 886 g/mol. The minimum absolute atomic E-state index is 0.708. The number of hydrogen-bond donors (Lipinski definition) is 0. The fraction of sp³-hybridized carbons (Fsp3) is 0.379. The largest absolute Gasteiger partial charge is 0.121 e. The van der Waals surface area contributed by atoms with Crippen LogP contribution in [0.3, 0.4) is 0 Å². The molecule has 0 aromatic carbocycles. The van der Waals surface area contributed by atoms with Crippen LogP contribution in [0.15, 0.2) is 82.6 Å². The Balaban J connectivity index is 0.911. The van der Waals surface area contributed by atoms with Crippen molar-refractivity contribution in [1.82, 2.24) is 0 Å². The van der Waals surface area contributed by atoms with E-state index < -0.39 is 0 Å². The molecule has 2 bridgehead atoms. The van der Waals surface area contributed by atoms with Crippen LogP contribution >= 0.6 is 188 Å². The van der Waals surface area contributed by atoms with Gasteiger partial charge in [0.15, 0.2) is 0 Å². The van der Waals surface area contributed by atoms with E-state index in [9.17, 15) is 0 Å². The molecular weight excluding hydrogens is 861 g/mol. The number of allylic oxidation sites excluding steroid dienone is 4. The predicted molar refractivity (Wildman–Crippen MR) is 238 cm³/mol. The van der Waals surface area contributed by atoms with Crippen LogP contribution in [0.25, 0.3) is 0 Å². The summed E-state index contributed by atoms with van der Waals surface area (Å²) >= 11 is 32.2. The van der Waals surface area contributed by atoms with Gasteiger partial charge >= 0.3 is 0 Å². The Morgan fingerprint density at radius 1 is 0.400 bits per heavy atom. The minimum atomic E-state index is 0.708. The maximum absolute atomic E-state index is 2.58. The quantitative estimate of drug-likeness (QED) is 0.246. The van der Waals surface area contributed by atoms with Gasteiger partial charge in [-0.1, -0.05) is 153 Å². The number of hydrogen-bond acceptors (Lipinski definition) is 16. The van der Waals surface area contributed by atoms with Gasteiger partial charge in [0.25, 0.3) is 0 Å². The molecule has 2 saturated carbocycles. The highest BCUT2D eigenvalue weighted by Crippen LogP contribution is 2.75. The lowest BCUT2D eigenvalue weighted by Gasteiger charge is -2.38. The van der Waals surface area contributed by atoms with Crippen molar-refractivity contribution in [2.75, 3.05) is 25.0 Å². The summed E-state index contributed by atoms with van der Waals surface area (Å²) in [5.74, 6) is 2.88. The zero-order valence-corrected chi connectivity index (χ0v) is 37.2. The van der Waals surface area contributed by atoms with Crippen molar-refractivity contribution in [3.8, 4) is 0 Å². The second kappa shape index (κ2) is 14.2. The predicted octanol–water partition coefficient (Wildman–Crippen LogP) is 15.7. The first-order valence-electron chi connectivity index (χ1n) is 13.9. The molecule has 0 aromatic heterocycles. The van der Waals surface area contributed by atoms with Crippen LogP contribution in [0.2, 0.25) is 0 Å². The van der Waals surface area contributed by atoms with Crippen LogP contribution in [0.1, 0.15) is 19.3 Å². The summed E-state index contributed by atoms with van der Waals surface area (Å²) in [6.45, 7) is 0. The fourth-order valence-electron chi connectivity index (χ4n) is 6.67. The SMILES string of the molecule is CSC1=C(SC)SC(=C2SC3=C(S2)SC(=C2CCC(=C4SC5=C(SC(=C6SC(SC)=C(SC)S6)S5)S4)C4C5C=CC(C5)C24)S3)S1. The molecule has 0 saturated heterocycles. The van der Waals surface area contributed by atoms with Gasteiger partial charge in [0.2, 0.25) is 0 Å². The summed E-state index contributed by atoms with van der Waals surface area (Å²) in [7, 11) is 0. The molecule has 16 heteroatoms. The molecule has 6 heterocycles. The van der Waals surface area contributed by atoms with Gasteiger partial charge in [-0.05, 0) is 79.1 Å². The van der Waals surface area contributed by atoms with E-state index in [1.54, 1.807) is 36.6 Å². The first-order chi connectivity index (χ1) is 22.0. The van der Waals surface area contributed by atoms with Crippen LogP contribution in [-0.4, -0.2) is 25.0 Å². The molecule has 0 amide bonds. The van der Waals surface area contributed by atoms with Gasteiger partial charge in [-0.3, -0.25) is 0 Å². The van der Waals surface area contributed by atoms with E-state index in [1.807, 2.05) is 141 Å². The van der Waals surface area contributed by atoms with Crippen molar-refractivity contribution in [1.29, 1.82) is 0 Å². The van der Waals surface area contributed by atoms with E-state index in [0.29, 0.717) is 11.8 Å². The molecule has 0 nitrogen and oxygen atoms in total. The van der Waals surface area contributed by atoms with E-state index in [0.717, 1.165) is 11.8 Å². The first-order valence-corrected chi connectivity index (χ1v) is 28.6. The zero-order valence-electron chi connectivity index (χ0n) is 24.1. The summed E-state index contributed by atoms with van der Waals surface area (Å²) < 4.78 is 21.3. The summed E-state index contributed by atoms with van der Waals surface area (Å²) in [5.41, 5.74) is 3.59. The van der Waals surface area contributed by atoms with Crippen molar-refractivity contribution < 1.29 is 0 Å². The molecule has 0 radical (unpaired) electrons. The standard InChI is InChI=1S/C29H24S16/c1-30-18-19(31-2)39-26(38-18)28-42-22-23(43-28)35-16(34-22)12-7-8-13(15-11-6-5-10(9-11)14(12)15)17-36-24-25(37-17)45-29(44-24)27-40-20(32-3)21(33-4)41-27/h5-6,10-11,14-15H,7-9H2,1-4H3. The van der Waals surface area contributed by atoms with E-state index >= 15 is 0 Å². The fourth-order valence-corrected chi connectivity index (χ4v) is 30.4. The third-order valence-corrected chi connectivity index (χ3v) is 31.4. The Kier molecular flexibility index (Phi) is 10.8. The lowest BCUT2D eigenvalue weighted by molar-refractivity contribution is 0.360. The first kappa shape index (κ1) is 34.1. The third-order valence-electron chi connectivity index (χ3n) is 8.42. The lowest BCUT2D eigenvalue weighted by Crippen LogP contribution is -2.28. The molecule has 45 heavy (non-hydrogen) atoms. The van der Waals surface area contributed by atoms with Gasteiger partial charge in [0.05, 0.1) is 59.3 Å². The molecule has 3 aliphatic carbocycles. The van der Waals surface area contributed by atoms with Gasteiger partial charge in [-0.25, -0.2) is 0 Å². The molecule has 2 fully saturated rings. The van der Waals surface area contributed by atoms with E-state index in [1.165, 1.54) is 53.2 Å². The van der Waals surface area contributed by atoms with Gasteiger partial charge in [-0.15, -0.1) is 47.0 Å². The Bertz CT molecular complexity index is 1500. The summed E-state index contributed by atoms with van der Waals surface area (Å²) in [6.07, 6.45) is 17.9. The number of thioether (sulfide) groups is 16. The molecule has 6 aliphatic heterocycles. The van der Waals surface area contributed by atoms with Crippen LogP contribution in [0, 0.1) is 23.7 Å². The van der Waals surface area contributed by atoms with Crippen LogP contribution in [0.5, 0.6) is 0 Å². The Labute approximate surface area is 334 Å². The highest BCUT2D eigenvalue weighted by molar-refractivity contribution is 8.51. The highest BCUT2D eigenvalue weighted by atomic mass is 32.3. The average Bonchev–Trinajstić information content (AvgIpc) is 3.89. The molecule has 9 aliphatic rings. The maximum atomic E-state index is 2.58. The van der Waals surface area contributed by atoms with Gasteiger partial charge in [0, 0.05) is 0 Å². The Hall–Kier alpha value is 3.26. The Morgan fingerprint density at radius 2 is 0.667 bits per heavy atom. The Morgan fingerprint density at radius 3 is 0.956 bits per heavy atom. The minimum Gasteiger partial charge on any atom is -0.121 e. The maximum Gasteiger partial charge on any atom is 0.0718 e.